The van der Waals surface area contributed by atoms with Crippen molar-refractivity contribution in [2.45, 2.75) is 37.6 Å². The van der Waals surface area contributed by atoms with E-state index in [1.165, 1.54) is 12.1 Å². The van der Waals surface area contributed by atoms with Crippen molar-refractivity contribution in [3.63, 3.8) is 0 Å². The van der Waals surface area contributed by atoms with Crippen LogP contribution in [0.2, 0.25) is 0 Å². The number of rotatable bonds is 4. The summed E-state index contributed by atoms with van der Waals surface area (Å²) in [5.74, 6) is 1.28. The molecule has 1 heterocycles. The van der Waals surface area contributed by atoms with Gasteiger partial charge in [-0.15, -0.1) is 0 Å². The minimum Gasteiger partial charge on any atom is -0.454 e. The first kappa shape index (κ1) is 16.9. The molecule has 2 aromatic carbocycles. The summed E-state index contributed by atoms with van der Waals surface area (Å²) in [6, 6.07) is 12.2. The monoisotopic (exact) mass is 355 g/mol. The number of carbonyl (C=O) groups excluding carboxylic acids is 1. The second-order valence-corrected chi connectivity index (χ2v) is 7.14. The van der Waals surface area contributed by atoms with Crippen molar-refractivity contribution in [3.05, 3.63) is 59.4 Å². The molecule has 1 aliphatic carbocycles. The molecular weight excluding hydrogens is 333 g/mol. The van der Waals surface area contributed by atoms with Crippen molar-refractivity contribution in [2.75, 3.05) is 13.8 Å². The summed E-state index contributed by atoms with van der Waals surface area (Å²) in [6.45, 7) is 0.736. The molecule has 1 amide bonds. The van der Waals surface area contributed by atoms with Crippen molar-refractivity contribution < 1.29 is 18.7 Å². The van der Waals surface area contributed by atoms with Crippen LogP contribution in [-0.4, -0.2) is 24.6 Å². The van der Waals surface area contributed by atoms with Crippen LogP contribution in [0.25, 0.3) is 0 Å². The molecule has 1 fully saturated rings. The lowest BCUT2D eigenvalue weighted by molar-refractivity contribution is -0.136. The highest BCUT2D eigenvalue weighted by molar-refractivity contribution is 5.88. The number of likely N-dealkylation sites (N-methyl/N-ethyl adjacent to an activating group) is 1. The van der Waals surface area contributed by atoms with Gasteiger partial charge in [0.2, 0.25) is 12.7 Å². The van der Waals surface area contributed by atoms with Gasteiger partial charge in [-0.05, 0) is 48.2 Å². The minimum absolute atomic E-state index is 0.0966. The molecule has 0 bridgehead atoms. The number of hydrogen-bond donors (Lipinski definition) is 0. The van der Waals surface area contributed by atoms with Crippen LogP contribution in [0, 0.1) is 5.82 Å². The van der Waals surface area contributed by atoms with E-state index in [0.29, 0.717) is 6.54 Å². The molecule has 2 aliphatic rings. The van der Waals surface area contributed by atoms with E-state index in [1.807, 2.05) is 25.2 Å². The standard InChI is InChI=1S/C21H22FNO3/c1-23(13-15-4-9-18-19(12-15)26-14-25-18)20(24)21(10-2-3-11-21)16-5-7-17(22)8-6-16/h4-9,12H,2-3,10-11,13-14H2,1H3. The Labute approximate surface area is 152 Å². The smallest absolute Gasteiger partial charge is 0.233 e. The summed E-state index contributed by atoms with van der Waals surface area (Å²) in [6.07, 6.45) is 3.65. The molecule has 2 aromatic rings. The number of nitrogens with zero attached hydrogens (tertiary/aromatic N) is 1. The molecule has 4 rings (SSSR count). The minimum atomic E-state index is -0.543. The van der Waals surface area contributed by atoms with Gasteiger partial charge in [0.1, 0.15) is 5.82 Å². The zero-order valence-corrected chi connectivity index (χ0v) is 14.8. The molecule has 0 atom stereocenters. The Morgan fingerprint density at radius 3 is 2.50 bits per heavy atom. The van der Waals surface area contributed by atoms with E-state index in [0.717, 1.165) is 48.3 Å². The summed E-state index contributed by atoms with van der Waals surface area (Å²) in [7, 11) is 1.83. The quantitative estimate of drug-likeness (QED) is 0.831. The first-order valence-electron chi connectivity index (χ1n) is 8.99. The zero-order chi connectivity index (χ0) is 18.1. The number of amides is 1. The normalized spacial score (nSPS) is 17.3. The Morgan fingerprint density at radius 2 is 1.77 bits per heavy atom. The van der Waals surface area contributed by atoms with Gasteiger partial charge in [-0.25, -0.2) is 4.39 Å². The largest absolute Gasteiger partial charge is 0.454 e. The lowest BCUT2D eigenvalue weighted by atomic mass is 9.77. The third kappa shape index (κ3) is 2.91. The fraction of sp³-hybridized carbons (Fsp3) is 0.381. The van der Waals surface area contributed by atoms with Gasteiger partial charge in [-0.1, -0.05) is 31.0 Å². The van der Waals surface area contributed by atoms with Crippen LogP contribution >= 0.6 is 0 Å². The van der Waals surface area contributed by atoms with Crippen LogP contribution in [0.1, 0.15) is 36.8 Å². The second-order valence-electron chi connectivity index (χ2n) is 7.14. The van der Waals surface area contributed by atoms with E-state index in [4.69, 9.17) is 9.47 Å². The van der Waals surface area contributed by atoms with E-state index in [1.54, 1.807) is 17.0 Å². The molecule has 0 aromatic heterocycles. The molecule has 136 valence electrons. The molecule has 5 heteroatoms. The highest BCUT2D eigenvalue weighted by Crippen LogP contribution is 2.43. The van der Waals surface area contributed by atoms with Crippen molar-refractivity contribution in [1.82, 2.24) is 4.90 Å². The average molecular weight is 355 g/mol. The Bertz CT molecular complexity index is 813. The van der Waals surface area contributed by atoms with Gasteiger partial charge in [0.05, 0.1) is 5.41 Å². The molecule has 0 saturated heterocycles. The van der Waals surface area contributed by atoms with Crippen LogP contribution in [0.3, 0.4) is 0 Å². The van der Waals surface area contributed by atoms with Gasteiger partial charge in [0.15, 0.2) is 11.5 Å². The van der Waals surface area contributed by atoms with Gasteiger partial charge in [-0.3, -0.25) is 4.79 Å². The van der Waals surface area contributed by atoms with E-state index in [9.17, 15) is 9.18 Å². The van der Waals surface area contributed by atoms with E-state index >= 15 is 0 Å². The molecule has 0 radical (unpaired) electrons. The SMILES string of the molecule is CN(Cc1ccc2c(c1)OCO2)C(=O)C1(c2ccc(F)cc2)CCCC1. The molecule has 4 nitrogen and oxygen atoms in total. The first-order chi connectivity index (χ1) is 12.6. The van der Waals surface area contributed by atoms with Crippen LogP contribution < -0.4 is 9.47 Å². The maximum absolute atomic E-state index is 13.4. The fourth-order valence-corrected chi connectivity index (χ4v) is 4.12. The Morgan fingerprint density at radius 1 is 1.08 bits per heavy atom. The van der Waals surface area contributed by atoms with Gasteiger partial charge in [0.25, 0.3) is 0 Å². The maximum Gasteiger partial charge on any atom is 0.233 e. The average Bonchev–Trinajstić information content (AvgIpc) is 3.31. The van der Waals surface area contributed by atoms with Crippen LogP contribution in [0.15, 0.2) is 42.5 Å². The predicted molar refractivity (Wildman–Crippen MR) is 95.6 cm³/mol. The van der Waals surface area contributed by atoms with Crippen molar-refractivity contribution in [1.29, 1.82) is 0 Å². The summed E-state index contributed by atoms with van der Waals surface area (Å²) < 4.78 is 24.1. The van der Waals surface area contributed by atoms with E-state index in [-0.39, 0.29) is 18.5 Å². The topological polar surface area (TPSA) is 38.8 Å². The number of benzene rings is 2. The Kier molecular flexibility index (Phi) is 4.31. The molecule has 0 spiro atoms. The van der Waals surface area contributed by atoms with Crippen molar-refractivity contribution >= 4 is 5.91 Å². The van der Waals surface area contributed by atoms with E-state index < -0.39 is 5.41 Å². The van der Waals surface area contributed by atoms with Crippen LogP contribution in [0.4, 0.5) is 4.39 Å². The van der Waals surface area contributed by atoms with Gasteiger partial charge < -0.3 is 14.4 Å². The lowest BCUT2D eigenvalue weighted by Gasteiger charge is -2.33. The molecule has 1 aliphatic heterocycles. The van der Waals surface area contributed by atoms with Crippen LogP contribution in [0.5, 0.6) is 11.5 Å². The summed E-state index contributed by atoms with van der Waals surface area (Å²) in [5.41, 5.74) is 1.37. The Hall–Kier alpha value is -2.56. The summed E-state index contributed by atoms with van der Waals surface area (Å²) >= 11 is 0. The number of hydrogen-bond acceptors (Lipinski definition) is 3. The molecule has 0 N–H and O–H groups in total. The van der Waals surface area contributed by atoms with Gasteiger partial charge in [0, 0.05) is 13.6 Å². The van der Waals surface area contributed by atoms with Gasteiger partial charge >= 0.3 is 0 Å². The van der Waals surface area contributed by atoms with Crippen LogP contribution in [-0.2, 0) is 16.8 Å². The highest BCUT2D eigenvalue weighted by atomic mass is 19.1. The number of ether oxygens (including phenoxy) is 2. The van der Waals surface area contributed by atoms with E-state index in [2.05, 4.69) is 0 Å². The fourth-order valence-electron chi connectivity index (χ4n) is 4.12. The lowest BCUT2D eigenvalue weighted by Crippen LogP contribution is -2.43. The maximum atomic E-state index is 13.4. The second kappa shape index (κ2) is 6.63. The summed E-state index contributed by atoms with van der Waals surface area (Å²) in [4.78, 5) is 15.1. The number of carbonyl (C=O) groups is 1. The predicted octanol–water partition coefficient (Wildman–Crippen LogP) is 4.02. The zero-order valence-electron chi connectivity index (χ0n) is 14.8. The first-order valence-corrected chi connectivity index (χ1v) is 8.99. The highest BCUT2D eigenvalue weighted by Gasteiger charge is 2.44. The Balaban J connectivity index is 1.57. The van der Waals surface area contributed by atoms with Crippen molar-refractivity contribution in [2.24, 2.45) is 0 Å². The number of halogens is 1. The molecule has 1 saturated carbocycles. The molecule has 0 unspecified atom stereocenters. The number of fused-ring (bicyclic) bond motifs is 1. The van der Waals surface area contributed by atoms with Gasteiger partial charge in [-0.2, -0.15) is 0 Å². The third-order valence-corrected chi connectivity index (χ3v) is 5.47. The summed E-state index contributed by atoms with van der Waals surface area (Å²) in [5, 5.41) is 0. The third-order valence-electron chi connectivity index (χ3n) is 5.47. The molecule has 26 heavy (non-hydrogen) atoms. The van der Waals surface area contributed by atoms with Crippen molar-refractivity contribution in [3.8, 4) is 11.5 Å². The molecular formula is C21H22FNO3.